The molecule has 1 unspecified atom stereocenters. The molecule has 1 aromatic carbocycles. The average Bonchev–Trinajstić information content (AvgIpc) is 2.82. The van der Waals surface area contributed by atoms with Gasteiger partial charge in [0.25, 0.3) is 0 Å². The molecule has 0 amide bonds. The van der Waals surface area contributed by atoms with E-state index in [1.54, 1.807) is 23.5 Å². The molecule has 0 radical (unpaired) electrons. The monoisotopic (exact) mass is 236 g/mol. The van der Waals surface area contributed by atoms with Crippen LogP contribution in [0.3, 0.4) is 0 Å². The summed E-state index contributed by atoms with van der Waals surface area (Å²) in [7, 11) is 0. The summed E-state index contributed by atoms with van der Waals surface area (Å²) in [6.07, 6.45) is 0.747. The van der Waals surface area contributed by atoms with Gasteiger partial charge < -0.3 is 5.11 Å². The molecule has 0 saturated carbocycles. The Bertz CT molecular complexity index is 422. The molecule has 84 valence electrons. The van der Waals surface area contributed by atoms with Crippen molar-refractivity contribution in [1.29, 1.82) is 0 Å². The molecule has 1 atom stereocenters. The van der Waals surface area contributed by atoms with E-state index in [1.807, 2.05) is 17.5 Å². The van der Waals surface area contributed by atoms with Crippen molar-refractivity contribution in [2.24, 2.45) is 0 Å². The molecular weight excluding hydrogens is 223 g/mol. The maximum atomic E-state index is 12.7. The van der Waals surface area contributed by atoms with Crippen LogP contribution in [0.4, 0.5) is 4.39 Å². The van der Waals surface area contributed by atoms with Crippen LogP contribution in [0.5, 0.6) is 0 Å². The molecule has 2 aromatic rings. The first-order valence-electron chi connectivity index (χ1n) is 5.18. The van der Waals surface area contributed by atoms with Crippen molar-refractivity contribution < 1.29 is 9.50 Å². The summed E-state index contributed by atoms with van der Waals surface area (Å²) >= 11 is 1.64. The first kappa shape index (κ1) is 11.3. The zero-order valence-electron chi connectivity index (χ0n) is 8.77. The maximum Gasteiger partial charge on any atom is 0.123 e. The summed E-state index contributed by atoms with van der Waals surface area (Å²) in [5, 5.41) is 11.3. The van der Waals surface area contributed by atoms with Gasteiger partial charge in [-0.15, -0.1) is 11.3 Å². The summed E-state index contributed by atoms with van der Waals surface area (Å²) in [5.41, 5.74) is 1.05. The topological polar surface area (TPSA) is 20.2 Å². The Kier molecular flexibility index (Phi) is 3.70. The largest absolute Gasteiger partial charge is 0.396 e. The minimum atomic E-state index is -0.222. The van der Waals surface area contributed by atoms with Gasteiger partial charge in [0, 0.05) is 10.8 Å². The average molecular weight is 236 g/mol. The van der Waals surface area contributed by atoms with E-state index >= 15 is 0 Å². The number of rotatable bonds is 4. The van der Waals surface area contributed by atoms with Crippen LogP contribution >= 0.6 is 11.3 Å². The molecule has 3 heteroatoms. The lowest BCUT2D eigenvalue weighted by molar-refractivity contribution is 0.266. The number of hydrogen-bond acceptors (Lipinski definition) is 2. The highest BCUT2D eigenvalue weighted by atomic mass is 32.1. The molecule has 1 N–H and O–H groups in total. The Morgan fingerprint density at radius 2 is 1.94 bits per heavy atom. The first-order chi connectivity index (χ1) is 7.79. The van der Waals surface area contributed by atoms with Crippen molar-refractivity contribution in [3.05, 3.63) is 58.0 Å². The van der Waals surface area contributed by atoms with Gasteiger partial charge in [0.1, 0.15) is 5.82 Å². The highest BCUT2D eigenvalue weighted by Gasteiger charge is 2.12. The lowest BCUT2D eigenvalue weighted by Crippen LogP contribution is -2.05. The number of hydrogen-bond donors (Lipinski definition) is 1. The van der Waals surface area contributed by atoms with Crippen LogP contribution in [0.15, 0.2) is 41.8 Å². The molecule has 1 aromatic heterocycles. The number of aliphatic hydroxyl groups is 1. The Morgan fingerprint density at radius 3 is 2.50 bits per heavy atom. The molecule has 16 heavy (non-hydrogen) atoms. The van der Waals surface area contributed by atoms with Crippen molar-refractivity contribution in [3.63, 3.8) is 0 Å². The quantitative estimate of drug-likeness (QED) is 0.864. The summed E-state index contributed by atoms with van der Waals surface area (Å²) in [6, 6.07) is 10.5. The molecule has 1 heterocycles. The van der Waals surface area contributed by atoms with Crippen LogP contribution in [0.1, 0.15) is 16.4 Å². The van der Waals surface area contributed by atoms with Gasteiger partial charge >= 0.3 is 0 Å². The lowest BCUT2D eigenvalue weighted by Gasteiger charge is -2.12. The molecule has 0 aliphatic rings. The van der Waals surface area contributed by atoms with Gasteiger partial charge in [-0.2, -0.15) is 0 Å². The van der Waals surface area contributed by atoms with E-state index < -0.39 is 0 Å². The van der Waals surface area contributed by atoms with Crippen molar-refractivity contribution in [2.45, 2.75) is 12.3 Å². The predicted octanol–water partition coefficient (Wildman–Crippen LogP) is 3.21. The lowest BCUT2D eigenvalue weighted by atomic mass is 9.99. The summed E-state index contributed by atoms with van der Waals surface area (Å²) in [4.78, 5) is 1.17. The Balaban J connectivity index is 2.10. The van der Waals surface area contributed by atoms with Crippen LogP contribution in [0, 0.1) is 5.82 Å². The fourth-order valence-electron chi connectivity index (χ4n) is 1.68. The Hall–Kier alpha value is -1.19. The zero-order chi connectivity index (χ0) is 11.4. The third-order valence-corrected chi connectivity index (χ3v) is 3.60. The van der Waals surface area contributed by atoms with Crippen molar-refractivity contribution in [3.8, 4) is 0 Å². The smallest absolute Gasteiger partial charge is 0.123 e. The molecule has 0 aliphatic heterocycles. The third kappa shape index (κ3) is 2.68. The van der Waals surface area contributed by atoms with Crippen molar-refractivity contribution >= 4 is 11.3 Å². The van der Waals surface area contributed by atoms with Gasteiger partial charge in [-0.3, -0.25) is 0 Å². The van der Waals surface area contributed by atoms with E-state index in [4.69, 9.17) is 0 Å². The second kappa shape index (κ2) is 5.23. The molecule has 2 rings (SSSR count). The van der Waals surface area contributed by atoms with Gasteiger partial charge in [-0.05, 0) is 35.6 Å². The van der Waals surface area contributed by atoms with Crippen LogP contribution < -0.4 is 0 Å². The van der Waals surface area contributed by atoms with E-state index in [0.29, 0.717) is 0 Å². The highest BCUT2D eigenvalue weighted by Crippen LogP contribution is 2.24. The number of benzene rings is 1. The van der Waals surface area contributed by atoms with E-state index in [1.165, 1.54) is 17.0 Å². The van der Waals surface area contributed by atoms with Gasteiger partial charge in [0.05, 0.1) is 6.61 Å². The maximum absolute atomic E-state index is 12.7. The molecular formula is C13H13FOS. The first-order valence-corrected chi connectivity index (χ1v) is 6.06. The van der Waals surface area contributed by atoms with Crippen LogP contribution in [-0.4, -0.2) is 11.7 Å². The molecule has 0 spiro atoms. The molecule has 0 saturated heterocycles. The van der Waals surface area contributed by atoms with Gasteiger partial charge in [-0.1, -0.05) is 18.2 Å². The fraction of sp³-hybridized carbons (Fsp3) is 0.231. The van der Waals surface area contributed by atoms with E-state index in [2.05, 4.69) is 0 Å². The minimum Gasteiger partial charge on any atom is -0.396 e. The normalized spacial score (nSPS) is 12.6. The number of halogens is 1. The summed E-state index contributed by atoms with van der Waals surface area (Å²) in [6.45, 7) is 0.123. The SMILES string of the molecule is OCC(Cc1ccc(F)cc1)c1cccs1. The minimum absolute atomic E-state index is 0.116. The zero-order valence-corrected chi connectivity index (χ0v) is 9.58. The van der Waals surface area contributed by atoms with Crippen LogP contribution in [0.2, 0.25) is 0 Å². The van der Waals surface area contributed by atoms with Crippen molar-refractivity contribution in [2.75, 3.05) is 6.61 Å². The predicted molar refractivity (Wildman–Crippen MR) is 64.2 cm³/mol. The number of thiophene rings is 1. The molecule has 0 bridgehead atoms. The fourth-order valence-corrected chi connectivity index (χ4v) is 2.51. The molecule has 0 fully saturated rings. The number of aliphatic hydroxyl groups excluding tert-OH is 1. The Labute approximate surface area is 98.2 Å². The van der Waals surface area contributed by atoms with Crippen LogP contribution in [-0.2, 0) is 6.42 Å². The second-order valence-electron chi connectivity index (χ2n) is 3.73. The Morgan fingerprint density at radius 1 is 1.19 bits per heavy atom. The second-order valence-corrected chi connectivity index (χ2v) is 4.70. The van der Waals surface area contributed by atoms with Gasteiger partial charge in [0.15, 0.2) is 0 Å². The summed E-state index contributed by atoms with van der Waals surface area (Å²) in [5.74, 6) is -0.106. The van der Waals surface area contributed by atoms with Crippen molar-refractivity contribution in [1.82, 2.24) is 0 Å². The standard InChI is InChI=1S/C13H13FOS/c14-12-5-3-10(4-6-12)8-11(9-15)13-2-1-7-16-13/h1-7,11,15H,8-9H2. The molecule has 1 nitrogen and oxygen atoms in total. The van der Waals surface area contributed by atoms with Gasteiger partial charge in [-0.25, -0.2) is 4.39 Å². The van der Waals surface area contributed by atoms with E-state index in [-0.39, 0.29) is 18.3 Å². The van der Waals surface area contributed by atoms with Crippen LogP contribution in [0.25, 0.3) is 0 Å². The van der Waals surface area contributed by atoms with E-state index in [9.17, 15) is 9.50 Å². The van der Waals surface area contributed by atoms with E-state index in [0.717, 1.165) is 12.0 Å². The molecule has 0 aliphatic carbocycles. The summed E-state index contributed by atoms with van der Waals surface area (Å²) < 4.78 is 12.7. The van der Waals surface area contributed by atoms with Gasteiger partial charge in [0.2, 0.25) is 0 Å². The third-order valence-electron chi connectivity index (χ3n) is 2.56. The highest BCUT2D eigenvalue weighted by molar-refractivity contribution is 7.10.